The van der Waals surface area contributed by atoms with Gasteiger partial charge in [-0.05, 0) is 0 Å². The van der Waals surface area contributed by atoms with Crippen molar-refractivity contribution in [3.63, 3.8) is 0 Å². The lowest BCUT2D eigenvalue weighted by Crippen LogP contribution is -2.04. The third-order valence-electron chi connectivity index (χ3n) is 1.74. The SMILES string of the molecule is C=Cc1cccc(CCl)c1OC(C)=O. The van der Waals surface area contributed by atoms with Gasteiger partial charge in [0.1, 0.15) is 5.75 Å². The van der Waals surface area contributed by atoms with E-state index >= 15 is 0 Å². The van der Waals surface area contributed by atoms with Crippen LogP contribution in [0.15, 0.2) is 24.8 Å². The van der Waals surface area contributed by atoms with Crippen LogP contribution in [0.1, 0.15) is 18.1 Å². The lowest BCUT2D eigenvalue weighted by Gasteiger charge is -2.09. The Kier molecular flexibility index (Phi) is 3.72. The first-order valence-corrected chi connectivity index (χ1v) is 4.71. The zero-order valence-electron chi connectivity index (χ0n) is 7.92. The number of alkyl halides is 1. The number of halogens is 1. The minimum atomic E-state index is -0.356. The van der Waals surface area contributed by atoms with Crippen molar-refractivity contribution in [3.8, 4) is 5.75 Å². The second-order valence-corrected chi connectivity index (χ2v) is 3.03. The van der Waals surface area contributed by atoms with Crippen LogP contribution in [0.4, 0.5) is 0 Å². The highest BCUT2D eigenvalue weighted by molar-refractivity contribution is 6.17. The molecule has 0 spiro atoms. The van der Waals surface area contributed by atoms with Gasteiger partial charge in [-0.3, -0.25) is 4.79 Å². The summed E-state index contributed by atoms with van der Waals surface area (Å²) in [6.45, 7) is 5.00. The summed E-state index contributed by atoms with van der Waals surface area (Å²) in [5.41, 5.74) is 1.57. The number of ether oxygens (including phenoxy) is 1. The molecule has 1 aromatic carbocycles. The molecule has 0 saturated heterocycles. The molecule has 0 aliphatic rings. The summed E-state index contributed by atoms with van der Waals surface area (Å²) < 4.78 is 5.06. The molecule has 0 radical (unpaired) electrons. The molecule has 2 nitrogen and oxygen atoms in total. The number of hydrogen-bond donors (Lipinski definition) is 0. The summed E-state index contributed by atoms with van der Waals surface area (Å²) in [5.74, 6) is 0.459. The second-order valence-electron chi connectivity index (χ2n) is 2.77. The molecule has 14 heavy (non-hydrogen) atoms. The highest BCUT2D eigenvalue weighted by Crippen LogP contribution is 2.26. The molecule has 74 valence electrons. The molecule has 0 unspecified atom stereocenters. The fourth-order valence-corrected chi connectivity index (χ4v) is 1.35. The van der Waals surface area contributed by atoms with E-state index in [0.717, 1.165) is 11.1 Å². The van der Waals surface area contributed by atoms with Gasteiger partial charge in [-0.25, -0.2) is 0 Å². The zero-order chi connectivity index (χ0) is 10.6. The Labute approximate surface area is 88.1 Å². The van der Waals surface area contributed by atoms with Crippen molar-refractivity contribution < 1.29 is 9.53 Å². The Balaban J connectivity index is 3.18. The number of para-hydroxylation sites is 1. The fraction of sp³-hybridized carbons (Fsp3) is 0.182. The summed E-state index contributed by atoms with van der Waals surface area (Å²) in [4.78, 5) is 10.8. The third-order valence-corrected chi connectivity index (χ3v) is 2.02. The topological polar surface area (TPSA) is 26.3 Å². The van der Waals surface area contributed by atoms with Gasteiger partial charge in [-0.1, -0.05) is 30.9 Å². The largest absolute Gasteiger partial charge is 0.426 e. The van der Waals surface area contributed by atoms with E-state index in [9.17, 15) is 4.79 Å². The maximum Gasteiger partial charge on any atom is 0.308 e. The number of carbonyl (C=O) groups is 1. The second kappa shape index (κ2) is 4.82. The molecule has 0 N–H and O–H groups in total. The minimum absolute atomic E-state index is 0.310. The van der Waals surface area contributed by atoms with E-state index in [1.54, 1.807) is 6.08 Å². The lowest BCUT2D eigenvalue weighted by atomic mass is 10.1. The zero-order valence-corrected chi connectivity index (χ0v) is 8.67. The Bertz CT molecular complexity index is 358. The predicted octanol–water partition coefficient (Wildman–Crippen LogP) is 2.99. The summed E-state index contributed by atoms with van der Waals surface area (Å²) in [7, 11) is 0. The van der Waals surface area contributed by atoms with E-state index in [1.165, 1.54) is 6.92 Å². The van der Waals surface area contributed by atoms with Crippen molar-refractivity contribution in [1.29, 1.82) is 0 Å². The van der Waals surface area contributed by atoms with Crippen LogP contribution in [0, 0.1) is 0 Å². The van der Waals surface area contributed by atoms with Crippen LogP contribution in [0.2, 0.25) is 0 Å². The van der Waals surface area contributed by atoms with Gasteiger partial charge in [-0.2, -0.15) is 0 Å². The molecule has 0 aliphatic heterocycles. The fourth-order valence-electron chi connectivity index (χ4n) is 1.14. The first kappa shape index (κ1) is 10.8. The maximum absolute atomic E-state index is 10.8. The van der Waals surface area contributed by atoms with Gasteiger partial charge in [0.05, 0.1) is 5.88 Å². The third kappa shape index (κ3) is 2.36. The molecule has 0 bridgehead atoms. The first-order chi connectivity index (χ1) is 6.69. The van der Waals surface area contributed by atoms with Crippen LogP contribution in [0.5, 0.6) is 5.75 Å². The van der Waals surface area contributed by atoms with Crippen LogP contribution in [0.3, 0.4) is 0 Å². The smallest absolute Gasteiger partial charge is 0.308 e. The van der Waals surface area contributed by atoms with E-state index in [0.29, 0.717) is 11.6 Å². The van der Waals surface area contributed by atoms with E-state index in [1.807, 2.05) is 18.2 Å². The molecular formula is C11H11ClO2. The van der Waals surface area contributed by atoms with Crippen LogP contribution in [0.25, 0.3) is 6.08 Å². The first-order valence-electron chi connectivity index (χ1n) is 4.17. The van der Waals surface area contributed by atoms with Crippen molar-refractivity contribution in [2.75, 3.05) is 0 Å². The van der Waals surface area contributed by atoms with Crippen LogP contribution in [-0.2, 0) is 10.7 Å². The van der Waals surface area contributed by atoms with E-state index in [2.05, 4.69) is 6.58 Å². The Hall–Kier alpha value is -1.28. The summed E-state index contributed by atoms with van der Waals surface area (Å²) in [6, 6.07) is 5.49. The van der Waals surface area contributed by atoms with E-state index < -0.39 is 0 Å². The Morgan fingerprint density at radius 1 is 1.64 bits per heavy atom. The molecule has 1 aromatic rings. The van der Waals surface area contributed by atoms with Gasteiger partial charge in [-0.15, -0.1) is 11.6 Å². The molecule has 0 amide bonds. The maximum atomic E-state index is 10.8. The summed E-state index contributed by atoms with van der Waals surface area (Å²) in [5, 5.41) is 0. The van der Waals surface area contributed by atoms with Gasteiger partial charge in [0.15, 0.2) is 0 Å². The Morgan fingerprint density at radius 2 is 2.36 bits per heavy atom. The average Bonchev–Trinajstić information content (AvgIpc) is 2.17. The number of esters is 1. The summed E-state index contributed by atoms with van der Waals surface area (Å²) in [6.07, 6.45) is 1.63. The average molecular weight is 211 g/mol. The van der Waals surface area contributed by atoms with Gasteiger partial charge >= 0.3 is 5.97 Å². The monoisotopic (exact) mass is 210 g/mol. The minimum Gasteiger partial charge on any atom is -0.426 e. The molecule has 0 fully saturated rings. The van der Waals surface area contributed by atoms with Gasteiger partial charge in [0, 0.05) is 18.1 Å². The standard InChI is InChI=1S/C11H11ClO2/c1-3-9-5-4-6-10(7-12)11(9)14-8(2)13/h3-6H,1,7H2,2H3. The van der Waals surface area contributed by atoms with Gasteiger partial charge < -0.3 is 4.74 Å². The number of rotatable bonds is 3. The summed E-state index contributed by atoms with van der Waals surface area (Å²) >= 11 is 5.72. The molecule has 0 aliphatic carbocycles. The van der Waals surface area contributed by atoms with Crippen molar-refractivity contribution in [1.82, 2.24) is 0 Å². The highest BCUT2D eigenvalue weighted by atomic mass is 35.5. The molecule has 0 heterocycles. The van der Waals surface area contributed by atoms with Crippen LogP contribution >= 0.6 is 11.6 Å². The number of hydrogen-bond acceptors (Lipinski definition) is 2. The number of carbonyl (C=O) groups excluding carboxylic acids is 1. The molecular weight excluding hydrogens is 200 g/mol. The highest BCUT2D eigenvalue weighted by Gasteiger charge is 2.08. The van der Waals surface area contributed by atoms with Crippen molar-refractivity contribution in [2.45, 2.75) is 12.8 Å². The van der Waals surface area contributed by atoms with E-state index in [-0.39, 0.29) is 5.97 Å². The lowest BCUT2D eigenvalue weighted by molar-refractivity contribution is -0.131. The van der Waals surface area contributed by atoms with Crippen molar-refractivity contribution in [3.05, 3.63) is 35.9 Å². The molecule has 0 saturated carbocycles. The normalized spacial score (nSPS) is 9.57. The quantitative estimate of drug-likeness (QED) is 0.436. The molecule has 3 heteroatoms. The predicted molar refractivity (Wildman–Crippen MR) is 57.4 cm³/mol. The number of benzene rings is 1. The van der Waals surface area contributed by atoms with Gasteiger partial charge in [0.25, 0.3) is 0 Å². The van der Waals surface area contributed by atoms with E-state index in [4.69, 9.17) is 16.3 Å². The van der Waals surface area contributed by atoms with Crippen molar-refractivity contribution in [2.24, 2.45) is 0 Å². The van der Waals surface area contributed by atoms with Crippen LogP contribution < -0.4 is 4.74 Å². The molecule has 0 aromatic heterocycles. The van der Waals surface area contributed by atoms with Gasteiger partial charge in [0.2, 0.25) is 0 Å². The Morgan fingerprint density at radius 3 is 2.86 bits per heavy atom. The molecule has 0 atom stereocenters. The molecule has 1 rings (SSSR count). The van der Waals surface area contributed by atoms with Crippen molar-refractivity contribution >= 4 is 23.6 Å². The van der Waals surface area contributed by atoms with Crippen LogP contribution in [-0.4, -0.2) is 5.97 Å².